The molecule has 1 unspecified atom stereocenters. The normalized spacial score (nSPS) is 15.1. The molecule has 10 heteroatoms. The minimum atomic E-state index is -0.469. The molecule has 0 aromatic carbocycles. The molecule has 3 heterocycles. The Bertz CT molecular complexity index is 1200. The van der Waals surface area contributed by atoms with E-state index in [4.69, 9.17) is 9.15 Å². The van der Waals surface area contributed by atoms with Crippen LogP contribution in [0.4, 0.5) is 9.80 Å². The second kappa shape index (κ2) is 10.2. The van der Waals surface area contributed by atoms with Crippen molar-refractivity contribution in [2.75, 3.05) is 11.9 Å². The van der Waals surface area contributed by atoms with Crippen molar-refractivity contribution < 1.29 is 18.7 Å². The molecule has 9 nitrogen and oxygen atoms in total. The van der Waals surface area contributed by atoms with Crippen LogP contribution in [-0.4, -0.2) is 28.4 Å². The summed E-state index contributed by atoms with van der Waals surface area (Å²) in [6.45, 7) is 0.643. The monoisotopic (exact) mass is 465 g/mol. The van der Waals surface area contributed by atoms with Crippen LogP contribution in [0, 0.1) is 17.2 Å². The number of hydrogen-bond acceptors (Lipinski definition) is 7. The predicted octanol–water partition coefficient (Wildman–Crippen LogP) is 3.63. The molecule has 0 fully saturated rings. The van der Waals surface area contributed by atoms with E-state index in [9.17, 15) is 14.9 Å². The lowest BCUT2D eigenvalue weighted by Gasteiger charge is -2.21. The summed E-state index contributed by atoms with van der Waals surface area (Å²) in [5.41, 5.74) is 3.16. The predicted molar refractivity (Wildman–Crippen MR) is 122 cm³/mol. The molecule has 170 valence electrons. The number of aromatic nitrogens is 2. The van der Waals surface area contributed by atoms with Gasteiger partial charge in [-0.05, 0) is 49.0 Å². The van der Waals surface area contributed by atoms with Crippen molar-refractivity contribution in [3.63, 3.8) is 0 Å². The first-order chi connectivity index (χ1) is 16.0. The maximum atomic E-state index is 12.3. The molecule has 0 radical (unpaired) electrons. The van der Waals surface area contributed by atoms with Gasteiger partial charge in [-0.25, -0.2) is 4.79 Å². The quantitative estimate of drug-likeness (QED) is 0.514. The number of aryl methyl sites for hydroxylation is 1. The van der Waals surface area contributed by atoms with Gasteiger partial charge in [-0.3, -0.25) is 9.48 Å². The first-order valence-electron chi connectivity index (χ1n) is 10.5. The lowest BCUT2D eigenvalue weighted by Crippen LogP contribution is -2.28. The zero-order valence-corrected chi connectivity index (χ0v) is 18.9. The molecular formula is C23H23N5O4S. The van der Waals surface area contributed by atoms with E-state index in [1.165, 1.54) is 29.9 Å². The number of ether oxygens (including phenoxy) is 1. The summed E-state index contributed by atoms with van der Waals surface area (Å²) < 4.78 is 12.1. The van der Waals surface area contributed by atoms with E-state index in [2.05, 4.69) is 21.8 Å². The molecule has 1 aliphatic carbocycles. The van der Waals surface area contributed by atoms with Gasteiger partial charge in [-0.15, -0.1) is 11.3 Å². The number of carbonyl (C=O) groups excluding carboxylic acids is 2. The van der Waals surface area contributed by atoms with E-state index in [-0.39, 0.29) is 11.8 Å². The van der Waals surface area contributed by atoms with E-state index in [0.29, 0.717) is 36.6 Å². The number of nitriles is 1. The third kappa shape index (κ3) is 5.51. The van der Waals surface area contributed by atoms with Crippen molar-refractivity contribution in [3.05, 3.63) is 64.2 Å². The number of thiophene rings is 1. The zero-order valence-electron chi connectivity index (χ0n) is 18.0. The number of amides is 2. The summed E-state index contributed by atoms with van der Waals surface area (Å²) in [4.78, 5) is 25.4. The zero-order chi connectivity index (χ0) is 23.2. The molecule has 0 saturated carbocycles. The minimum Gasteiger partial charge on any atom is -0.472 e. The Balaban J connectivity index is 1.31. The molecule has 0 saturated heterocycles. The average Bonchev–Trinajstić information content (AvgIpc) is 3.54. The Labute approximate surface area is 194 Å². The van der Waals surface area contributed by atoms with Gasteiger partial charge >= 0.3 is 6.09 Å². The van der Waals surface area contributed by atoms with Crippen LogP contribution in [0.3, 0.4) is 0 Å². The van der Waals surface area contributed by atoms with Gasteiger partial charge in [0.05, 0.1) is 36.9 Å². The number of alkyl carbamates (subject to hydrolysis) is 1. The SMILES string of the molecule is Cn1nccc1CNC(=O)OCC1CCc2c(sc(NC(=O)C=Cc3ccoc3)c2C#N)C1. The third-order valence-electron chi connectivity index (χ3n) is 5.47. The molecule has 1 atom stereocenters. The highest BCUT2D eigenvalue weighted by Crippen LogP contribution is 2.39. The van der Waals surface area contributed by atoms with Gasteiger partial charge in [0.1, 0.15) is 11.1 Å². The first kappa shape index (κ1) is 22.4. The number of rotatable bonds is 7. The van der Waals surface area contributed by atoms with Crippen LogP contribution in [0.15, 0.2) is 41.3 Å². The van der Waals surface area contributed by atoms with Gasteiger partial charge in [-0.2, -0.15) is 10.4 Å². The number of furan rings is 1. The van der Waals surface area contributed by atoms with E-state index >= 15 is 0 Å². The molecule has 4 rings (SSSR count). The first-order valence-corrected chi connectivity index (χ1v) is 11.3. The summed E-state index contributed by atoms with van der Waals surface area (Å²) in [5.74, 6) is -0.147. The fourth-order valence-electron chi connectivity index (χ4n) is 3.68. The van der Waals surface area contributed by atoms with Crippen molar-refractivity contribution in [2.24, 2.45) is 13.0 Å². The van der Waals surface area contributed by atoms with Crippen LogP contribution >= 0.6 is 11.3 Å². The maximum Gasteiger partial charge on any atom is 0.407 e. The molecular weight excluding hydrogens is 442 g/mol. The number of anilines is 1. The van der Waals surface area contributed by atoms with Crippen molar-refractivity contribution in [2.45, 2.75) is 25.8 Å². The van der Waals surface area contributed by atoms with Crippen molar-refractivity contribution in [3.8, 4) is 6.07 Å². The Morgan fingerprint density at radius 1 is 1.45 bits per heavy atom. The van der Waals surface area contributed by atoms with E-state index in [1.807, 2.05) is 13.1 Å². The van der Waals surface area contributed by atoms with Crippen LogP contribution in [0.25, 0.3) is 6.08 Å². The Morgan fingerprint density at radius 3 is 3.06 bits per heavy atom. The number of hydrogen-bond donors (Lipinski definition) is 2. The van der Waals surface area contributed by atoms with Gasteiger partial charge < -0.3 is 19.8 Å². The number of nitrogens with zero attached hydrogens (tertiary/aromatic N) is 3. The summed E-state index contributed by atoms with van der Waals surface area (Å²) in [6, 6.07) is 5.81. The molecule has 3 aromatic heterocycles. The summed E-state index contributed by atoms with van der Waals surface area (Å²) in [5, 5.41) is 19.8. The molecule has 0 spiro atoms. The van der Waals surface area contributed by atoms with E-state index in [0.717, 1.165) is 28.1 Å². The maximum absolute atomic E-state index is 12.3. The standard InChI is InChI=1S/C23H23N5O4S/c1-28-17(6-8-26-28)12-25-23(30)32-14-16-2-4-18-19(11-24)22(33-20(18)10-16)27-21(29)5-3-15-7-9-31-13-15/h3,5-9,13,16H,2,4,10,12,14H2,1H3,(H,25,30)(H,27,29). The second-order valence-corrected chi connectivity index (χ2v) is 8.81. The smallest absolute Gasteiger partial charge is 0.407 e. The third-order valence-corrected chi connectivity index (χ3v) is 6.64. The van der Waals surface area contributed by atoms with Crippen LogP contribution in [0.5, 0.6) is 0 Å². The van der Waals surface area contributed by atoms with Crippen LogP contribution in [0.1, 0.15) is 33.7 Å². The van der Waals surface area contributed by atoms with Gasteiger partial charge in [0.25, 0.3) is 0 Å². The Morgan fingerprint density at radius 2 is 2.33 bits per heavy atom. The highest BCUT2D eigenvalue weighted by Gasteiger charge is 2.27. The van der Waals surface area contributed by atoms with Crippen molar-refractivity contribution in [1.82, 2.24) is 15.1 Å². The lowest BCUT2D eigenvalue weighted by atomic mass is 9.88. The Hall–Kier alpha value is -3.84. The largest absolute Gasteiger partial charge is 0.472 e. The fraction of sp³-hybridized carbons (Fsp3) is 0.304. The fourth-order valence-corrected chi connectivity index (χ4v) is 5.00. The lowest BCUT2D eigenvalue weighted by molar-refractivity contribution is -0.111. The number of carbonyl (C=O) groups is 2. The van der Waals surface area contributed by atoms with Gasteiger partial charge in [0, 0.05) is 29.8 Å². The molecule has 2 N–H and O–H groups in total. The minimum absolute atomic E-state index is 0.162. The summed E-state index contributed by atoms with van der Waals surface area (Å²) in [6.07, 6.45) is 9.54. The topological polar surface area (TPSA) is 122 Å². The number of nitrogens with one attached hydrogen (secondary N) is 2. The highest BCUT2D eigenvalue weighted by atomic mass is 32.1. The summed E-state index contributed by atoms with van der Waals surface area (Å²) >= 11 is 1.41. The van der Waals surface area contributed by atoms with E-state index in [1.54, 1.807) is 23.0 Å². The molecule has 33 heavy (non-hydrogen) atoms. The molecule has 0 bridgehead atoms. The molecule has 3 aromatic rings. The highest BCUT2D eigenvalue weighted by molar-refractivity contribution is 7.16. The molecule has 0 aliphatic heterocycles. The second-order valence-electron chi connectivity index (χ2n) is 7.71. The number of fused-ring (bicyclic) bond motifs is 1. The van der Waals surface area contributed by atoms with Crippen LogP contribution in [0.2, 0.25) is 0 Å². The van der Waals surface area contributed by atoms with Gasteiger partial charge in [0.15, 0.2) is 0 Å². The van der Waals surface area contributed by atoms with Crippen molar-refractivity contribution in [1.29, 1.82) is 5.26 Å². The van der Waals surface area contributed by atoms with Gasteiger partial charge in [0.2, 0.25) is 5.91 Å². The van der Waals surface area contributed by atoms with E-state index < -0.39 is 6.09 Å². The van der Waals surface area contributed by atoms with Crippen molar-refractivity contribution >= 4 is 34.4 Å². The molecule has 1 aliphatic rings. The van der Waals surface area contributed by atoms with Crippen LogP contribution < -0.4 is 10.6 Å². The van der Waals surface area contributed by atoms with Gasteiger partial charge in [-0.1, -0.05) is 0 Å². The average molecular weight is 466 g/mol. The Kier molecular flexibility index (Phi) is 6.90. The van der Waals surface area contributed by atoms with Crippen LogP contribution in [-0.2, 0) is 36.0 Å². The molecule has 2 amide bonds. The summed E-state index contributed by atoms with van der Waals surface area (Å²) in [7, 11) is 1.81.